The molecule has 0 bridgehead atoms. The Morgan fingerprint density at radius 1 is 1.07 bits per heavy atom. The molecule has 3 aromatic rings. The van der Waals surface area contributed by atoms with Gasteiger partial charge in [-0.05, 0) is 67.1 Å². The zero-order valence-corrected chi connectivity index (χ0v) is 22.1. The quantitative estimate of drug-likeness (QED) is 0.287. The number of urea groups is 1. The zero-order chi connectivity index (χ0) is 28.8. The molecule has 3 aromatic carbocycles. The summed E-state index contributed by atoms with van der Waals surface area (Å²) in [7, 11) is 1.33. The minimum absolute atomic E-state index is 0.00741. The van der Waals surface area contributed by atoms with Gasteiger partial charge < -0.3 is 19.5 Å². The fraction of sp³-hybridized carbons (Fsp3) is 0.143. The highest BCUT2D eigenvalue weighted by molar-refractivity contribution is 6.39. The zero-order valence-electron chi connectivity index (χ0n) is 21.3. The van der Waals surface area contributed by atoms with Crippen LogP contribution in [0, 0.1) is 5.82 Å². The van der Waals surface area contributed by atoms with Crippen LogP contribution in [0.2, 0.25) is 5.02 Å². The fourth-order valence-electron chi connectivity index (χ4n) is 3.77. The number of ether oxygens (including phenoxy) is 3. The summed E-state index contributed by atoms with van der Waals surface area (Å²) in [4.78, 5) is 51.3. The van der Waals surface area contributed by atoms with E-state index in [4.69, 9.17) is 25.8 Å². The first-order valence-corrected chi connectivity index (χ1v) is 12.3. The van der Waals surface area contributed by atoms with Crippen molar-refractivity contribution in [2.75, 3.05) is 30.5 Å². The first-order chi connectivity index (χ1) is 19.2. The molecule has 40 heavy (non-hydrogen) atoms. The molecule has 10 nitrogen and oxygen atoms in total. The Bertz CT molecular complexity index is 1510. The van der Waals surface area contributed by atoms with E-state index >= 15 is 0 Å². The van der Waals surface area contributed by atoms with Crippen molar-refractivity contribution >= 4 is 52.8 Å². The van der Waals surface area contributed by atoms with Gasteiger partial charge in [-0.3, -0.25) is 19.7 Å². The van der Waals surface area contributed by atoms with Crippen LogP contribution in [-0.4, -0.2) is 44.1 Å². The van der Waals surface area contributed by atoms with Crippen molar-refractivity contribution in [1.29, 1.82) is 0 Å². The summed E-state index contributed by atoms with van der Waals surface area (Å²) in [6, 6.07) is 13.8. The molecule has 4 rings (SSSR count). The molecule has 0 aromatic heterocycles. The average molecular weight is 568 g/mol. The molecule has 1 aliphatic heterocycles. The second-order valence-electron chi connectivity index (χ2n) is 8.24. The summed E-state index contributed by atoms with van der Waals surface area (Å²) in [6.07, 6.45) is 1.24. The SMILES string of the molecule is CCOc1ccc(N2C(=O)NC(=O)/C(=C\c3cc(Cl)c(OCC(=O)Nc4ccccc4F)c(OC)c3)C2=O)cc1. The van der Waals surface area contributed by atoms with E-state index in [1.807, 2.05) is 6.92 Å². The molecule has 0 spiro atoms. The first kappa shape index (κ1) is 28.1. The van der Waals surface area contributed by atoms with Gasteiger partial charge in [-0.15, -0.1) is 0 Å². The molecule has 12 heteroatoms. The lowest BCUT2D eigenvalue weighted by Gasteiger charge is -2.26. The van der Waals surface area contributed by atoms with E-state index < -0.39 is 36.2 Å². The Morgan fingerprint density at radius 3 is 2.48 bits per heavy atom. The molecule has 1 heterocycles. The van der Waals surface area contributed by atoms with Gasteiger partial charge in [-0.1, -0.05) is 23.7 Å². The van der Waals surface area contributed by atoms with Gasteiger partial charge in [0.1, 0.15) is 17.1 Å². The number of anilines is 2. The van der Waals surface area contributed by atoms with E-state index in [1.54, 1.807) is 18.2 Å². The van der Waals surface area contributed by atoms with Gasteiger partial charge in [0.15, 0.2) is 18.1 Å². The van der Waals surface area contributed by atoms with Crippen molar-refractivity contribution in [1.82, 2.24) is 5.32 Å². The predicted molar refractivity (Wildman–Crippen MR) is 145 cm³/mol. The highest BCUT2D eigenvalue weighted by Gasteiger charge is 2.37. The molecule has 5 amide bonds. The Morgan fingerprint density at radius 2 is 1.80 bits per heavy atom. The summed E-state index contributed by atoms with van der Waals surface area (Å²) >= 11 is 6.37. The lowest BCUT2D eigenvalue weighted by Crippen LogP contribution is -2.54. The summed E-state index contributed by atoms with van der Waals surface area (Å²) in [5.41, 5.74) is 0.177. The topological polar surface area (TPSA) is 123 Å². The van der Waals surface area contributed by atoms with Crippen LogP contribution in [0.5, 0.6) is 17.2 Å². The molecule has 206 valence electrons. The third-order valence-corrected chi connectivity index (χ3v) is 5.85. The normalized spacial score (nSPS) is 14.2. The van der Waals surface area contributed by atoms with E-state index in [-0.39, 0.29) is 39.0 Å². The van der Waals surface area contributed by atoms with Gasteiger partial charge >= 0.3 is 6.03 Å². The summed E-state index contributed by atoms with van der Waals surface area (Å²) in [6.45, 7) is 1.76. The maximum atomic E-state index is 13.8. The lowest BCUT2D eigenvalue weighted by atomic mass is 10.1. The molecule has 0 radical (unpaired) electrons. The van der Waals surface area contributed by atoms with Crippen LogP contribution in [-0.2, 0) is 14.4 Å². The number of carbonyl (C=O) groups is 4. The molecule has 2 N–H and O–H groups in total. The van der Waals surface area contributed by atoms with Gasteiger partial charge in [-0.2, -0.15) is 0 Å². The first-order valence-electron chi connectivity index (χ1n) is 11.9. The number of methoxy groups -OCH3 is 1. The van der Waals surface area contributed by atoms with Crippen molar-refractivity contribution in [3.05, 3.63) is 82.6 Å². The number of imide groups is 2. The highest BCUT2D eigenvalue weighted by Crippen LogP contribution is 2.37. The smallest absolute Gasteiger partial charge is 0.335 e. The molecule has 1 saturated heterocycles. The number of nitrogens with one attached hydrogen (secondary N) is 2. The predicted octanol–water partition coefficient (Wildman–Crippen LogP) is 4.57. The standard InChI is InChI=1S/C28H23ClFN3O7/c1-3-39-18-10-8-17(9-11-18)33-27(36)19(26(35)32-28(33)37)12-16-13-20(29)25(23(14-16)38-2)40-15-24(34)31-22-7-5-4-6-21(22)30/h4-14H,3,15H2,1-2H3,(H,31,34)(H,32,35,37)/b19-12+. The maximum Gasteiger partial charge on any atom is 0.335 e. The number of barbiturate groups is 1. The summed E-state index contributed by atoms with van der Waals surface area (Å²) in [5.74, 6) is -2.32. The van der Waals surface area contributed by atoms with E-state index in [0.29, 0.717) is 12.4 Å². The van der Waals surface area contributed by atoms with Crippen molar-refractivity contribution in [2.45, 2.75) is 6.92 Å². The Labute approximate surface area is 233 Å². The molecular weight excluding hydrogens is 545 g/mol. The van der Waals surface area contributed by atoms with Crippen LogP contribution in [0.1, 0.15) is 12.5 Å². The molecule has 1 aliphatic rings. The van der Waals surface area contributed by atoms with Gasteiger partial charge in [0.05, 0.1) is 30.1 Å². The number of carbonyl (C=O) groups excluding carboxylic acids is 4. The van der Waals surface area contributed by atoms with Gasteiger partial charge in [0.2, 0.25) is 0 Å². The molecule has 0 unspecified atom stereocenters. The van der Waals surface area contributed by atoms with Crippen molar-refractivity contribution in [3.63, 3.8) is 0 Å². The number of hydrogen-bond acceptors (Lipinski definition) is 7. The maximum absolute atomic E-state index is 13.8. The van der Waals surface area contributed by atoms with Crippen molar-refractivity contribution < 1.29 is 37.8 Å². The lowest BCUT2D eigenvalue weighted by molar-refractivity contribution is -0.122. The third kappa shape index (κ3) is 6.21. The Hall–Kier alpha value is -4.90. The van der Waals surface area contributed by atoms with E-state index in [0.717, 1.165) is 4.90 Å². The molecular formula is C28H23ClFN3O7. The number of nitrogens with zero attached hydrogens (tertiary/aromatic N) is 1. The van der Waals surface area contributed by atoms with Crippen LogP contribution >= 0.6 is 11.6 Å². The molecule has 1 fully saturated rings. The number of para-hydroxylation sites is 1. The molecule has 0 aliphatic carbocycles. The van der Waals surface area contributed by atoms with Gasteiger partial charge in [-0.25, -0.2) is 14.1 Å². The number of benzene rings is 3. The number of amides is 5. The second-order valence-corrected chi connectivity index (χ2v) is 8.64. The number of halogens is 2. The van der Waals surface area contributed by atoms with Crippen LogP contribution in [0.15, 0.2) is 66.2 Å². The minimum atomic E-state index is -0.899. The number of hydrogen-bond donors (Lipinski definition) is 2. The Balaban J connectivity index is 1.55. The van der Waals surface area contributed by atoms with E-state index in [9.17, 15) is 23.6 Å². The average Bonchev–Trinajstić information content (AvgIpc) is 2.92. The highest BCUT2D eigenvalue weighted by atomic mass is 35.5. The minimum Gasteiger partial charge on any atom is -0.494 e. The second kappa shape index (κ2) is 12.3. The molecule has 0 atom stereocenters. The summed E-state index contributed by atoms with van der Waals surface area (Å²) < 4.78 is 30.0. The van der Waals surface area contributed by atoms with E-state index in [2.05, 4.69) is 10.6 Å². The van der Waals surface area contributed by atoms with Crippen molar-refractivity contribution in [2.24, 2.45) is 0 Å². The van der Waals surface area contributed by atoms with Crippen molar-refractivity contribution in [3.8, 4) is 17.2 Å². The summed E-state index contributed by atoms with van der Waals surface area (Å²) in [5, 5.41) is 4.54. The van der Waals surface area contributed by atoms with Crippen LogP contribution in [0.25, 0.3) is 6.08 Å². The Kier molecular flexibility index (Phi) is 8.65. The van der Waals surface area contributed by atoms with E-state index in [1.165, 1.54) is 55.7 Å². The number of rotatable bonds is 9. The molecule has 0 saturated carbocycles. The third-order valence-electron chi connectivity index (χ3n) is 5.57. The fourth-order valence-corrected chi connectivity index (χ4v) is 4.04. The monoisotopic (exact) mass is 567 g/mol. The van der Waals surface area contributed by atoms with Crippen LogP contribution in [0.4, 0.5) is 20.6 Å². The van der Waals surface area contributed by atoms with Crippen LogP contribution in [0.3, 0.4) is 0 Å². The largest absolute Gasteiger partial charge is 0.494 e. The van der Waals surface area contributed by atoms with Crippen LogP contribution < -0.4 is 29.7 Å². The van der Waals surface area contributed by atoms with Gasteiger partial charge in [0, 0.05) is 0 Å². The van der Waals surface area contributed by atoms with Gasteiger partial charge in [0.25, 0.3) is 17.7 Å².